The molecule has 1 atom stereocenters. The highest BCUT2D eigenvalue weighted by atomic mass is 16.5. The predicted octanol–water partition coefficient (Wildman–Crippen LogP) is 4.05. The van der Waals surface area contributed by atoms with Gasteiger partial charge in [-0.1, -0.05) is 18.2 Å². The summed E-state index contributed by atoms with van der Waals surface area (Å²) in [5.41, 5.74) is 2.10. The number of hydrogen-bond donors (Lipinski definition) is 1. The Morgan fingerprint density at radius 2 is 2.00 bits per heavy atom. The van der Waals surface area contributed by atoms with Crippen LogP contribution in [-0.4, -0.2) is 23.4 Å². The lowest BCUT2D eigenvalue weighted by Gasteiger charge is -2.15. The molecule has 0 saturated heterocycles. The van der Waals surface area contributed by atoms with Crippen LogP contribution in [0.3, 0.4) is 0 Å². The monoisotopic (exact) mass is 336 g/mol. The van der Waals surface area contributed by atoms with E-state index in [-0.39, 0.29) is 5.91 Å². The number of hydrogen-bond acceptors (Lipinski definition) is 3. The first-order valence-corrected chi connectivity index (χ1v) is 8.22. The molecule has 1 aromatic heterocycles. The lowest BCUT2D eigenvalue weighted by atomic mass is 10.2. The number of fused-ring (bicyclic) bond motifs is 1. The number of aldehydes is 1. The van der Waals surface area contributed by atoms with Crippen LogP contribution in [-0.2, 0) is 4.79 Å². The minimum absolute atomic E-state index is 0.144. The minimum Gasteiger partial charge on any atom is -0.494 e. The van der Waals surface area contributed by atoms with Crippen LogP contribution in [0.15, 0.2) is 54.7 Å². The Kier molecular flexibility index (Phi) is 4.84. The molecule has 0 aliphatic rings. The molecule has 0 aliphatic heterocycles. The molecule has 5 heteroatoms. The number of para-hydroxylation sites is 1. The second kappa shape index (κ2) is 7.21. The number of rotatable bonds is 6. The molecule has 25 heavy (non-hydrogen) atoms. The highest BCUT2D eigenvalue weighted by molar-refractivity contribution is 6.00. The van der Waals surface area contributed by atoms with Gasteiger partial charge in [-0.05, 0) is 44.2 Å². The number of aromatic nitrogens is 1. The predicted molar refractivity (Wildman–Crippen MR) is 98.3 cm³/mol. The number of nitrogens with zero attached hydrogens (tertiary/aromatic N) is 1. The zero-order chi connectivity index (χ0) is 17.8. The van der Waals surface area contributed by atoms with E-state index in [2.05, 4.69) is 5.32 Å². The molecule has 0 saturated carbocycles. The largest absolute Gasteiger partial charge is 0.494 e. The molecular weight excluding hydrogens is 316 g/mol. The fourth-order valence-corrected chi connectivity index (χ4v) is 2.83. The molecule has 3 rings (SSSR count). The number of ether oxygens (including phenoxy) is 1. The molecule has 0 aliphatic carbocycles. The molecule has 1 heterocycles. The fourth-order valence-electron chi connectivity index (χ4n) is 2.83. The van der Waals surface area contributed by atoms with Gasteiger partial charge in [-0.25, -0.2) is 0 Å². The summed E-state index contributed by atoms with van der Waals surface area (Å²) in [6.07, 6.45) is 2.51. The molecule has 128 valence electrons. The van der Waals surface area contributed by atoms with E-state index in [1.807, 2.05) is 66.9 Å². The van der Waals surface area contributed by atoms with Gasteiger partial charge in [-0.2, -0.15) is 0 Å². The molecule has 0 spiro atoms. The Morgan fingerprint density at radius 3 is 2.68 bits per heavy atom. The third-order valence-corrected chi connectivity index (χ3v) is 4.11. The number of anilines is 1. The maximum atomic E-state index is 12.6. The van der Waals surface area contributed by atoms with Gasteiger partial charge in [0.1, 0.15) is 11.8 Å². The Balaban J connectivity index is 1.94. The summed E-state index contributed by atoms with van der Waals surface area (Å²) in [6, 6.07) is 14.4. The molecule has 1 unspecified atom stereocenters. The number of carbonyl (C=O) groups excluding carboxylic acids is 2. The highest BCUT2D eigenvalue weighted by Gasteiger charge is 2.19. The topological polar surface area (TPSA) is 60.3 Å². The number of benzene rings is 2. The van der Waals surface area contributed by atoms with Crippen LogP contribution in [0.2, 0.25) is 0 Å². The molecule has 1 amide bonds. The van der Waals surface area contributed by atoms with Crippen molar-refractivity contribution in [1.82, 2.24) is 4.57 Å². The normalized spacial score (nSPS) is 11.9. The van der Waals surface area contributed by atoms with Gasteiger partial charge >= 0.3 is 0 Å². The van der Waals surface area contributed by atoms with Crippen molar-refractivity contribution in [3.8, 4) is 5.75 Å². The van der Waals surface area contributed by atoms with E-state index < -0.39 is 6.04 Å². The minimum atomic E-state index is -0.464. The maximum absolute atomic E-state index is 12.6. The first-order valence-electron chi connectivity index (χ1n) is 8.22. The second-order valence-electron chi connectivity index (χ2n) is 5.75. The van der Waals surface area contributed by atoms with Gasteiger partial charge < -0.3 is 14.6 Å². The summed E-state index contributed by atoms with van der Waals surface area (Å²) in [4.78, 5) is 24.0. The van der Waals surface area contributed by atoms with Gasteiger partial charge in [-0.15, -0.1) is 0 Å². The SMILES string of the molecule is CCOc1ccc2c(c1)c(C=O)cn2C(C)C(=O)Nc1ccccc1. The van der Waals surface area contributed by atoms with Crippen LogP contribution < -0.4 is 10.1 Å². The van der Waals surface area contributed by atoms with E-state index in [0.717, 1.165) is 22.9 Å². The van der Waals surface area contributed by atoms with Crippen molar-refractivity contribution in [2.45, 2.75) is 19.9 Å². The molecule has 3 aromatic rings. The fraction of sp³-hybridized carbons (Fsp3) is 0.200. The number of carbonyl (C=O) groups is 2. The second-order valence-corrected chi connectivity index (χ2v) is 5.75. The molecule has 0 fully saturated rings. The molecule has 0 radical (unpaired) electrons. The summed E-state index contributed by atoms with van der Waals surface area (Å²) in [7, 11) is 0. The average molecular weight is 336 g/mol. The molecule has 2 aromatic carbocycles. The lowest BCUT2D eigenvalue weighted by molar-refractivity contribution is -0.118. The van der Waals surface area contributed by atoms with Crippen molar-refractivity contribution in [1.29, 1.82) is 0 Å². The standard InChI is InChI=1S/C20H20N2O3/c1-3-25-17-9-10-19-18(11-17)15(13-23)12-22(19)14(2)20(24)21-16-7-5-4-6-8-16/h4-14H,3H2,1-2H3,(H,21,24). The van der Waals surface area contributed by atoms with Crippen LogP contribution in [0.4, 0.5) is 5.69 Å². The van der Waals surface area contributed by atoms with E-state index in [0.29, 0.717) is 17.9 Å². The summed E-state index contributed by atoms with van der Waals surface area (Å²) in [5, 5.41) is 3.67. The van der Waals surface area contributed by atoms with Crippen molar-refractivity contribution >= 4 is 28.8 Å². The van der Waals surface area contributed by atoms with Crippen molar-refractivity contribution in [2.75, 3.05) is 11.9 Å². The molecular formula is C20H20N2O3. The zero-order valence-corrected chi connectivity index (χ0v) is 14.2. The number of amides is 1. The van der Waals surface area contributed by atoms with Crippen LogP contribution >= 0.6 is 0 Å². The average Bonchev–Trinajstić information content (AvgIpc) is 3.00. The van der Waals surface area contributed by atoms with Crippen molar-refractivity contribution in [2.24, 2.45) is 0 Å². The van der Waals surface area contributed by atoms with E-state index in [4.69, 9.17) is 4.74 Å². The maximum Gasteiger partial charge on any atom is 0.247 e. The van der Waals surface area contributed by atoms with Gasteiger partial charge in [-0.3, -0.25) is 9.59 Å². The Morgan fingerprint density at radius 1 is 1.24 bits per heavy atom. The third kappa shape index (κ3) is 3.40. The summed E-state index contributed by atoms with van der Waals surface area (Å²) in [6.45, 7) is 4.27. The van der Waals surface area contributed by atoms with Gasteiger partial charge in [0.2, 0.25) is 5.91 Å². The van der Waals surface area contributed by atoms with Gasteiger partial charge in [0, 0.05) is 28.4 Å². The van der Waals surface area contributed by atoms with E-state index in [9.17, 15) is 9.59 Å². The molecule has 0 bridgehead atoms. The first kappa shape index (κ1) is 16.8. The first-order chi connectivity index (χ1) is 12.1. The van der Waals surface area contributed by atoms with E-state index in [1.165, 1.54) is 0 Å². The zero-order valence-electron chi connectivity index (χ0n) is 14.2. The van der Waals surface area contributed by atoms with Crippen LogP contribution in [0, 0.1) is 0 Å². The van der Waals surface area contributed by atoms with Gasteiger partial charge in [0.25, 0.3) is 0 Å². The van der Waals surface area contributed by atoms with Crippen LogP contribution in [0.5, 0.6) is 5.75 Å². The van der Waals surface area contributed by atoms with Crippen LogP contribution in [0.25, 0.3) is 10.9 Å². The molecule has 1 N–H and O–H groups in total. The smallest absolute Gasteiger partial charge is 0.247 e. The van der Waals surface area contributed by atoms with Gasteiger partial charge in [0.05, 0.1) is 6.61 Å². The summed E-state index contributed by atoms with van der Waals surface area (Å²) in [5.74, 6) is 0.562. The summed E-state index contributed by atoms with van der Waals surface area (Å²) < 4.78 is 7.32. The molecule has 5 nitrogen and oxygen atoms in total. The van der Waals surface area contributed by atoms with Crippen molar-refractivity contribution < 1.29 is 14.3 Å². The Labute approximate surface area is 146 Å². The van der Waals surface area contributed by atoms with E-state index in [1.54, 1.807) is 6.20 Å². The highest BCUT2D eigenvalue weighted by Crippen LogP contribution is 2.28. The number of nitrogens with one attached hydrogen (secondary N) is 1. The van der Waals surface area contributed by atoms with Crippen molar-refractivity contribution in [3.63, 3.8) is 0 Å². The Bertz CT molecular complexity index is 900. The Hall–Kier alpha value is -3.08. The van der Waals surface area contributed by atoms with Crippen molar-refractivity contribution in [3.05, 3.63) is 60.3 Å². The van der Waals surface area contributed by atoms with Crippen LogP contribution in [0.1, 0.15) is 30.2 Å². The summed E-state index contributed by atoms with van der Waals surface area (Å²) >= 11 is 0. The third-order valence-electron chi connectivity index (χ3n) is 4.11. The van der Waals surface area contributed by atoms with Gasteiger partial charge in [0.15, 0.2) is 6.29 Å². The van der Waals surface area contributed by atoms with E-state index >= 15 is 0 Å². The quantitative estimate of drug-likeness (QED) is 0.691. The lowest BCUT2D eigenvalue weighted by Crippen LogP contribution is -2.23.